The third-order valence-corrected chi connectivity index (χ3v) is 14.3. The maximum absolute atomic E-state index is 15.4. The standard InChI is InChI=1S/C53H57FN10O4/c1-53(2,63-26-24-61(25-27-63)47-16-13-41(29-44(47)54)59-45-15-17-48(65)60-52(45)68)40-19-22-62(23-20-40)49(66)34-64-33-39(31-58-64)38-12-14-42-43(32-57-46(42)28-38)51(67)50(37-6-4-3-5-7-37)56-21-18-35-8-10-36(30-55)11-9-35/h3-14,16,28-29,31-33,40,45,50,56-57,59H,15,17-27,34H2,1-2H3,(H,60,65,68). The van der Waals surface area contributed by atoms with Crippen molar-refractivity contribution in [1.82, 2.24) is 35.2 Å². The topological polar surface area (TPSA) is 171 Å². The summed E-state index contributed by atoms with van der Waals surface area (Å²) in [4.78, 5) is 61.3. The smallest absolute Gasteiger partial charge is 0.249 e. The van der Waals surface area contributed by atoms with Gasteiger partial charge >= 0.3 is 0 Å². The van der Waals surface area contributed by atoms with Gasteiger partial charge in [-0.05, 0) is 98.5 Å². The molecule has 3 aliphatic heterocycles. The number of ketones is 1. The highest BCUT2D eigenvalue weighted by Gasteiger charge is 2.39. The lowest BCUT2D eigenvalue weighted by Crippen LogP contribution is -2.59. The first kappa shape index (κ1) is 46.0. The van der Waals surface area contributed by atoms with Gasteiger partial charge in [0.05, 0.1) is 29.6 Å². The molecular formula is C53H57FN10O4. The van der Waals surface area contributed by atoms with Crippen LogP contribution in [-0.4, -0.2) is 105 Å². The Hall–Kier alpha value is -7.15. The lowest BCUT2D eigenvalue weighted by Gasteiger charge is -2.50. The second kappa shape index (κ2) is 20.0. The van der Waals surface area contributed by atoms with Crippen LogP contribution in [0.25, 0.3) is 22.0 Å². The zero-order chi connectivity index (χ0) is 47.4. The van der Waals surface area contributed by atoms with Gasteiger partial charge in [0.2, 0.25) is 17.7 Å². The van der Waals surface area contributed by atoms with E-state index in [4.69, 9.17) is 5.26 Å². The number of carbonyl (C=O) groups excluding carboxylic acids is 4. The van der Waals surface area contributed by atoms with Crippen LogP contribution in [-0.2, 0) is 27.3 Å². The number of anilines is 2. The molecule has 9 rings (SSSR count). The first-order valence-electron chi connectivity index (χ1n) is 23.6. The first-order chi connectivity index (χ1) is 32.9. The molecule has 4 N–H and O–H groups in total. The Bertz CT molecular complexity index is 2830. The number of hydrogen-bond donors (Lipinski definition) is 4. The monoisotopic (exact) mass is 916 g/mol. The highest BCUT2D eigenvalue weighted by Crippen LogP contribution is 2.35. The van der Waals surface area contributed by atoms with E-state index in [1.54, 1.807) is 29.2 Å². The number of imide groups is 1. The average molecular weight is 917 g/mol. The maximum atomic E-state index is 15.4. The summed E-state index contributed by atoms with van der Waals surface area (Å²) in [5.74, 6) is -0.639. The number of H-pyrrole nitrogens is 1. The molecule has 0 radical (unpaired) electrons. The predicted molar refractivity (Wildman–Crippen MR) is 259 cm³/mol. The molecule has 68 heavy (non-hydrogen) atoms. The van der Waals surface area contributed by atoms with Crippen molar-refractivity contribution < 1.29 is 23.6 Å². The number of nitrogens with one attached hydrogen (secondary N) is 4. The van der Waals surface area contributed by atoms with Gasteiger partial charge in [0.1, 0.15) is 18.4 Å². The number of Topliss-reactive ketones (excluding diaryl/α,β-unsaturated/α-hetero) is 1. The highest BCUT2D eigenvalue weighted by atomic mass is 19.1. The van der Waals surface area contributed by atoms with Crippen LogP contribution in [0.15, 0.2) is 110 Å². The van der Waals surface area contributed by atoms with Crippen LogP contribution in [0.1, 0.15) is 72.6 Å². The van der Waals surface area contributed by atoms with E-state index in [0.717, 1.165) is 59.1 Å². The number of rotatable bonds is 15. The number of nitrogens with zero attached hydrogens (tertiary/aromatic N) is 6. The first-order valence-corrected chi connectivity index (χ1v) is 23.6. The largest absolute Gasteiger partial charge is 0.374 e. The molecule has 2 aromatic heterocycles. The number of piperidine rings is 2. The number of amides is 3. The molecule has 14 nitrogen and oxygen atoms in total. The molecule has 3 saturated heterocycles. The van der Waals surface area contributed by atoms with E-state index in [-0.39, 0.29) is 41.9 Å². The number of aromatic amines is 1. The van der Waals surface area contributed by atoms with Gasteiger partial charge in [-0.25, -0.2) is 4.39 Å². The van der Waals surface area contributed by atoms with Crippen LogP contribution in [0.5, 0.6) is 0 Å². The van der Waals surface area contributed by atoms with Gasteiger partial charge in [-0.15, -0.1) is 0 Å². The summed E-state index contributed by atoms with van der Waals surface area (Å²) >= 11 is 0. The summed E-state index contributed by atoms with van der Waals surface area (Å²) in [5.41, 5.74) is 6.74. The number of piperazine rings is 1. The highest BCUT2D eigenvalue weighted by molar-refractivity contribution is 6.11. The third kappa shape index (κ3) is 10.1. The van der Waals surface area contributed by atoms with E-state index in [2.05, 4.69) is 55.7 Å². The normalized spacial score (nSPS) is 17.8. The molecule has 0 aliphatic carbocycles. The number of hydrogen-bond acceptors (Lipinski definition) is 10. The Balaban J connectivity index is 0.760. The number of aromatic nitrogens is 3. The molecule has 2 atom stereocenters. The quantitative estimate of drug-likeness (QED) is 0.0631. The van der Waals surface area contributed by atoms with E-state index in [1.807, 2.05) is 83.9 Å². The van der Waals surface area contributed by atoms with Crippen molar-refractivity contribution in [3.05, 3.63) is 138 Å². The second-order valence-electron chi connectivity index (χ2n) is 18.7. The Morgan fingerprint density at radius 3 is 2.40 bits per heavy atom. The Kier molecular flexibility index (Phi) is 13.5. The van der Waals surface area contributed by atoms with Gasteiger partial charge in [0.25, 0.3) is 0 Å². The molecule has 0 saturated carbocycles. The lowest BCUT2D eigenvalue weighted by molar-refractivity contribution is -0.135. The van der Waals surface area contributed by atoms with E-state index >= 15 is 4.39 Å². The molecule has 3 fully saturated rings. The molecule has 5 heterocycles. The van der Waals surface area contributed by atoms with Gasteiger partial charge < -0.3 is 25.4 Å². The van der Waals surface area contributed by atoms with Gasteiger partial charge in [-0.2, -0.15) is 10.4 Å². The van der Waals surface area contributed by atoms with Crippen molar-refractivity contribution in [1.29, 1.82) is 5.26 Å². The molecule has 3 aliphatic rings. The minimum Gasteiger partial charge on any atom is -0.374 e. The van der Waals surface area contributed by atoms with Crippen LogP contribution in [0, 0.1) is 23.1 Å². The third-order valence-electron chi connectivity index (χ3n) is 14.3. The van der Waals surface area contributed by atoms with Crippen molar-refractivity contribution in [3.8, 4) is 17.2 Å². The van der Waals surface area contributed by atoms with Crippen molar-refractivity contribution >= 4 is 45.8 Å². The Morgan fingerprint density at radius 1 is 0.912 bits per heavy atom. The number of carbonyl (C=O) groups is 4. The second-order valence-corrected chi connectivity index (χ2v) is 18.7. The minimum absolute atomic E-state index is 0.0336. The van der Waals surface area contributed by atoms with Gasteiger partial charge in [0, 0.05) is 97.9 Å². The number of likely N-dealkylation sites (tertiary alicyclic amines) is 1. The molecular weight excluding hydrogens is 860 g/mol. The van der Waals surface area contributed by atoms with E-state index in [9.17, 15) is 19.2 Å². The lowest BCUT2D eigenvalue weighted by atomic mass is 9.78. The van der Waals surface area contributed by atoms with Crippen LogP contribution in [0.4, 0.5) is 15.8 Å². The zero-order valence-corrected chi connectivity index (χ0v) is 38.5. The fourth-order valence-corrected chi connectivity index (χ4v) is 10.1. The number of nitriles is 1. The summed E-state index contributed by atoms with van der Waals surface area (Å²) in [7, 11) is 0. The van der Waals surface area contributed by atoms with E-state index < -0.39 is 18.0 Å². The van der Waals surface area contributed by atoms with Crippen molar-refractivity contribution in [2.24, 2.45) is 5.92 Å². The summed E-state index contributed by atoms with van der Waals surface area (Å²) in [6.07, 6.45) is 8.55. The summed E-state index contributed by atoms with van der Waals surface area (Å²) < 4.78 is 17.1. The van der Waals surface area contributed by atoms with Crippen LogP contribution in [0.3, 0.4) is 0 Å². The van der Waals surface area contributed by atoms with Gasteiger partial charge in [-0.1, -0.05) is 54.6 Å². The summed E-state index contributed by atoms with van der Waals surface area (Å²) in [6, 6.07) is 29.2. The molecule has 15 heteroatoms. The van der Waals surface area contributed by atoms with E-state index in [1.165, 1.54) is 6.07 Å². The van der Waals surface area contributed by atoms with E-state index in [0.29, 0.717) is 74.0 Å². The van der Waals surface area contributed by atoms with Crippen molar-refractivity contribution in [2.45, 2.75) is 70.1 Å². The molecule has 4 aromatic carbocycles. The fraction of sp³-hybridized carbons (Fsp3) is 0.358. The molecule has 3 amide bonds. The zero-order valence-electron chi connectivity index (χ0n) is 38.5. The molecule has 2 unspecified atom stereocenters. The molecule has 350 valence electrons. The summed E-state index contributed by atoms with van der Waals surface area (Å²) in [5, 5.41) is 23.4. The van der Waals surface area contributed by atoms with Gasteiger partial charge in [0.15, 0.2) is 5.78 Å². The molecule has 6 aromatic rings. The Morgan fingerprint density at radius 2 is 1.68 bits per heavy atom. The SMILES string of the molecule is CC(C)(C1CCN(C(=O)Cn2cc(-c3ccc4c(C(=O)C(NCCc5ccc(C#N)cc5)c5ccccc5)c[nH]c4c3)cn2)CC1)N1CCN(c2ccc(NC3CCC(=O)NC3=O)cc2F)CC1. The minimum atomic E-state index is -0.572. The molecule has 0 bridgehead atoms. The number of benzene rings is 4. The maximum Gasteiger partial charge on any atom is 0.249 e. The van der Waals surface area contributed by atoms with Crippen LogP contribution >= 0.6 is 0 Å². The fourth-order valence-electron chi connectivity index (χ4n) is 10.1. The summed E-state index contributed by atoms with van der Waals surface area (Å²) in [6.45, 7) is 9.58. The molecule has 0 spiro atoms. The van der Waals surface area contributed by atoms with Crippen LogP contribution in [0.2, 0.25) is 0 Å². The van der Waals surface area contributed by atoms with Gasteiger partial charge in [-0.3, -0.25) is 34.1 Å². The number of halogens is 1. The Labute approximate surface area is 395 Å². The number of fused-ring (bicyclic) bond motifs is 1. The predicted octanol–water partition coefficient (Wildman–Crippen LogP) is 6.85. The van der Waals surface area contributed by atoms with Crippen molar-refractivity contribution in [3.63, 3.8) is 0 Å². The average Bonchev–Trinajstić information content (AvgIpc) is 4.01. The van der Waals surface area contributed by atoms with Crippen molar-refractivity contribution in [2.75, 3.05) is 56.0 Å². The van der Waals surface area contributed by atoms with Crippen LogP contribution < -0.4 is 20.9 Å².